The summed E-state index contributed by atoms with van der Waals surface area (Å²) in [6.07, 6.45) is 3.77. The molecule has 0 bridgehead atoms. The van der Waals surface area contributed by atoms with Crippen molar-refractivity contribution in [2.75, 3.05) is 12.3 Å². The van der Waals surface area contributed by atoms with Gasteiger partial charge in [0.05, 0.1) is 23.3 Å². The summed E-state index contributed by atoms with van der Waals surface area (Å²) in [6, 6.07) is 11.3. The van der Waals surface area contributed by atoms with Gasteiger partial charge in [-0.3, -0.25) is 4.79 Å². The van der Waals surface area contributed by atoms with Crippen LogP contribution in [0, 0.1) is 0 Å². The Morgan fingerprint density at radius 3 is 2.67 bits per heavy atom. The summed E-state index contributed by atoms with van der Waals surface area (Å²) in [6.45, 7) is 0.469. The zero-order valence-electron chi connectivity index (χ0n) is 19.6. The van der Waals surface area contributed by atoms with E-state index < -0.39 is 5.97 Å². The lowest BCUT2D eigenvalue weighted by atomic mass is 10.0. The largest absolute Gasteiger partial charge is 0.506 e. The Morgan fingerprint density at radius 1 is 1.08 bits per heavy atom. The molecule has 0 radical (unpaired) electrons. The highest BCUT2D eigenvalue weighted by Gasteiger charge is 2.42. The maximum atomic E-state index is 12.2. The number of carboxylic acid groups (broad SMARTS) is 1. The van der Waals surface area contributed by atoms with Gasteiger partial charge in [0.2, 0.25) is 5.91 Å². The molecule has 4 rings (SSSR count). The molecule has 2 aromatic rings. The summed E-state index contributed by atoms with van der Waals surface area (Å²) in [7, 11) is 0. The summed E-state index contributed by atoms with van der Waals surface area (Å²) in [4.78, 5) is 34.6. The van der Waals surface area contributed by atoms with Gasteiger partial charge in [-0.15, -0.1) is 5.11 Å². The van der Waals surface area contributed by atoms with Crippen molar-refractivity contribution >= 4 is 41.0 Å². The van der Waals surface area contributed by atoms with Crippen molar-refractivity contribution in [1.29, 1.82) is 0 Å². The Labute approximate surface area is 213 Å². The number of thioether (sulfide) groups is 1. The van der Waals surface area contributed by atoms with E-state index in [2.05, 4.69) is 26.2 Å². The second-order valence-electron chi connectivity index (χ2n) is 8.84. The molecule has 36 heavy (non-hydrogen) atoms. The molecule has 2 aromatic carbocycles. The number of phenolic OH excluding ortho intramolecular Hbond substituents is 1. The first-order valence-corrected chi connectivity index (χ1v) is 13.0. The summed E-state index contributed by atoms with van der Waals surface area (Å²) < 4.78 is 0. The molecule has 0 spiro atoms. The molecular formula is C25H29N5O5S. The van der Waals surface area contributed by atoms with Crippen molar-refractivity contribution in [3.63, 3.8) is 0 Å². The predicted octanol–water partition coefficient (Wildman–Crippen LogP) is 3.89. The number of benzene rings is 2. The van der Waals surface area contributed by atoms with Crippen LogP contribution in [0.3, 0.4) is 0 Å². The van der Waals surface area contributed by atoms with Gasteiger partial charge in [-0.05, 0) is 61.2 Å². The lowest BCUT2D eigenvalue weighted by molar-refractivity contribution is -0.121. The van der Waals surface area contributed by atoms with E-state index in [1.807, 2.05) is 11.8 Å². The topological polar surface area (TPSA) is 152 Å². The van der Waals surface area contributed by atoms with Crippen LogP contribution in [0.15, 0.2) is 52.7 Å². The highest BCUT2D eigenvalue weighted by Crippen LogP contribution is 2.33. The van der Waals surface area contributed by atoms with Crippen LogP contribution in [0.5, 0.6) is 5.75 Å². The zero-order chi connectivity index (χ0) is 25.5. The lowest BCUT2D eigenvalue weighted by Gasteiger charge is -2.16. The lowest BCUT2D eigenvalue weighted by Crippen LogP contribution is -2.36. The first-order chi connectivity index (χ1) is 17.4. The van der Waals surface area contributed by atoms with Gasteiger partial charge in [0.25, 0.3) is 0 Å². The third-order valence-corrected chi connectivity index (χ3v) is 7.75. The normalized spacial score (nSPS) is 20.7. The molecule has 2 saturated heterocycles. The van der Waals surface area contributed by atoms with Crippen LogP contribution in [0.1, 0.15) is 41.6 Å². The molecule has 0 saturated carbocycles. The highest BCUT2D eigenvalue weighted by molar-refractivity contribution is 8.00. The minimum atomic E-state index is -1.02. The molecule has 0 aromatic heterocycles. The number of aromatic hydroxyl groups is 1. The number of azo groups is 1. The number of nitrogens with zero attached hydrogens (tertiary/aromatic N) is 2. The van der Waals surface area contributed by atoms with Crippen LogP contribution in [-0.2, 0) is 11.2 Å². The average molecular weight is 512 g/mol. The number of rotatable bonds is 11. The first kappa shape index (κ1) is 25.5. The smallest absolute Gasteiger partial charge is 0.335 e. The number of fused-ring (bicyclic) bond motifs is 1. The number of amides is 3. The maximum absolute atomic E-state index is 12.2. The average Bonchev–Trinajstić information content (AvgIpc) is 3.41. The maximum Gasteiger partial charge on any atom is 0.335 e. The Morgan fingerprint density at radius 2 is 1.89 bits per heavy atom. The monoisotopic (exact) mass is 511 g/mol. The number of nitrogens with one attached hydrogen (secondary N) is 3. The van der Waals surface area contributed by atoms with Gasteiger partial charge in [-0.25, -0.2) is 9.59 Å². The van der Waals surface area contributed by atoms with Crippen LogP contribution < -0.4 is 16.0 Å². The molecule has 11 heteroatoms. The summed E-state index contributed by atoms with van der Waals surface area (Å²) in [5.74, 6) is -0.0933. The van der Waals surface area contributed by atoms with Crippen molar-refractivity contribution in [3.8, 4) is 5.75 Å². The number of hydrogen-bond acceptors (Lipinski definition) is 7. The fourth-order valence-corrected chi connectivity index (χ4v) is 5.84. The number of phenols is 1. The molecule has 190 valence electrons. The van der Waals surface area contributed by atoms with Crippen molar-refractivity contribution in [2.45, 2.75) is 49.4 Å². The van der Waals surface area contributed by atoms with Gasteiger partial charge in [-0.1, -0.05) is 12.5 Å². The molecule has 10 nitrogen and oxygen atoms in total. The molecule has 3 atom stereocenters. The number of hydrogen-bond donors (Lipinski definition) is 5. The number of carboxylic acids is 1. The highest BCUT2D eigenvalue weighted by atomic mass is 32.2. The SMILES string of the molecule is O=C(CCCC[C@@H]1SC[C@@H]2NC(=O)N[C@@H]21)NCCc1ccc(O)c(N=Nc2ccc(C(=O)O)cc2)c1. The number of carbonyl (C=O) groups is 3. The van der Waals surface area contributed by atoms with E-state index in [4.69, 9.17) is 5.11 Å². The van der Waals surface area contributed by atoms with Crippen LogP contribution in [-0.4, -0.2) is 57.8 Å². The molecule has 2 heterocycles. The minimum absolute atomic E-state index is 0.00582. The second-order valence-corrected chi connectivity index (χ2v) is 10.1. The molecule has 3 amide bonds. The molecule has 0 aliphatic carbocycles. The fraction of sp³-hybridized carbons (Fsp3) is 0.400. The summed E-state index contributed by atoms with van der Waals surface area (Å²) in [5, 5.41) is 36.4. The number of aromatic carboxylic acids is 1. The Bertz CT molecular complexity index is 1140. The second kappa shape index (κ2) is 11.9. The van der Waals surface area contributed by atoms with E-state index in [-0.39, 0.29) is 35.3 Å². The number of unbranched alkanes of at least 4 members (excludes halogenated alkanes) is 1. The molecule has 0 unspecified atom stereocenters. The van der Waals surface area contributed by atoms with E-state index in [1.54, 1.807) is 12.1 Å². The van der Waals surface area contributed by atoms with E-state index in [0.717, 1.165) is 30.6 Å². The zero-order valence-corrected chi connectivity index (χ0v) is 20.5. The van der Waals surface area contributed by atoms with Gasteiger partial charge >= 0.3 is 12.0 Å². The van der Waals surface area contributed by atoms with Gasteiger partial charge in [-0.2, -0.15) is 16.9 Å². The molecule has 2 aliphatic heterocycles. The minimum Gasteiger partial charge on any atom is -0.506 e. The number of urea groups is 1. The van der Waals surface area contributed by atoms with Crippen LogP contribution in [0.25, 0.3) is 0 Å². The summed E-state index contributed by atoms with van der Waals surface area (Å²) in [5.41, 5.74) is 1.81. The van der Waals surface area contributed by atoms with E-state index in [0.29, 0.717) is 36.0 Å². The number of carbonyl (C=O) groups excluding carboxylic acids is 2. The van der Waals surface area contributed by atoms with Crippen molar-refractivity contribution in [3.05, 3.63) is 53.6 Å². The molecular weight excluding hydrogens is 482 g/mol. The fourth-order valence-electron chi connectivity index (χ4n) is 4.30. The Hall–Kier alpha value is -3.60. The summed E-state index contributed by atoms with van der Waals surface area (Å²) >= 11 is 1.88. The van der Waals surface area contributed by atoms with E-state index in [9.17, 15) is 19.5 Å². The van der Waals surface area contributed by atoms with Gasteiger partial charge < -0.3 is 26.2 Å². The molecule has 5 N–H and O–H groups in total. The van der Waals surface area contributed by atoms with Crippen LogP contribution >= 0.6 is 11.8 Å². The first-order valence-electron chi connectivity index (χ1n) is 11.9. The van der Waals surface area contributed by atoms with Gasteiger partial charge in [0.1, 0.15) is 11.4 Å². The van der Waals surface area contributed by atoms with Gasteiger partial charge in [0.15, 0.2) is 0 Å². The Balaban J connectivity index is 1.17. The molecule has 2 aliphatic rings. The Kier molecular flexibility index (Phi) is 8.42. The van der Waals surface area contributed by atoms with Crippen LogP contribution in [0.2, 0.25) is 0 Å². The van der Waals surface area contributed by atoms with Crippen LogP contribution in [0.4, 0.5) is 16.2 Å². The van der Waals surface area contributed by atoms with E-state index >= 15 is 0 Å². The quantitative estimate of drug-likeness (QED) is 0.175. The third kappa shape index (κ3) is 6.75. The predicted molar refractivity (Wildman–Crippen MR) is 136 cm³/mol. The third-order valence-electron chi connectivity index (χ3n) is 6.24. The van der Waals surface area contributed by atoms with Crippen molar-refractivity contribution in [1.82, 2.24) is 16.0 Å². The standard InChI is InChI=1S/C25H29N5O5S/c31-20-10-5-15(13-18(20)30-29-17-8-6-16(7-9-17)24(33)34)11-12-26-22(32)4-2-1-3-21-23-19(14-36-21)27-25(35)28-23/h5-10,13,19,21,23,31H,1-4,11-12,14H2,(H,26,32)(H,33,34)(H2,27,28,35)/t19-,21-,23-/m0/s1. The van der Waals surface area contributed by atoms with Gasteiger partial charge in [0, 0.05) is 24.0 Å². The van der Waals surface area contributed by atoms with Crippen molar-refractivity contribution in [2.24, 2.45) is 10.2 Å². The van der Waals surface area contributed by atoms with E-state index in [1.165, 1.54) is 30.3 Å². The van der Waals surface area contributed by atoms with Crippen molar-refractivity contribution < 1.29 is 24.6 Å². The molecule has 2 fully saturated rings.